The predicted octanol–water partition coefficient (Wildman–Crippen LogP) is 3.43. The van der Waals surface area contributed by atoms with E-state index in [9.17, 15) is 4.79 Å². The summed E-state index contributed by atoms with van der Waals surface area (Å²) in [6.07, 6.45) is 5.18. The molecule has 1 saturated heterocycles. The van der Waals surface area contributed by atoms with E-state index in [0.717, 1.165) is 58.5 Å². The maximum absolute atomic E-state index is 11.8. The first-order valence-electron chi connectivity index (χ1n) is 8.83. The molecule has 5 heteroatoms. The van der Waals surface area contributed by atoms with Crippen LogP contribution in [0, 0.1) is 5.41 Å². The van der Waals surface area contributed by atoms with Crippen LogP contribution in [0.4, 0.5) is 5.69 Å². The van der Waals surface area contributed by atoms with Gasteiger partial charge in [-0.1, -0.05) is 13.3 Å². The quantitative estimate of drug-likeness (QED) is 0.381. The zero-order valence-corrected chi connectivity index (χ0v) is 14.6. The Morgan fingerprint density at radius 2 is 1.79 bits per heavy atom. The van der Waals surface area contributed by atoms with E-state index in [4.69, 9.17) is 19.9 Å². The van der Waals surface area contributed by atoms with E-state index in [-0.39, 0.29) is 11.4 Å². The second-order valence-electron chi connectivity index (χ2n) is 6.57. The van der Waals surface area contributed by atoms with Gasteiger partial charge in [-0.2, -0.15) is 0 Å². The number of hydrogen-bond donors (Lipinski definition) is 1. The summed E-state index contributed by atoms with van der Waals surface area (Å²) in [4.78, 5) is 11.8. The molecule has 134 valence electrons. The molecule has 1 heterocycles. The molecule has 0 amide bonds. The van der Waals surface area contributed by atoms with Crippen molar-refractivity contribution in [1.29, 1.82) is 0 Å². The Hall–Kier alpha value is -1.59. The van der Waals surface area contributed by atoms with E-state index in [1.807, 2.05) is 0 Å². The van der Waals surface area contributed by atoms with Crippen LogP contribution in [-0.4, -0.2) is 39.0 Å². The number of hydrogen-bond acceptors (Lipinski definition) is 5. The van der Waals surface area contributed by atoms with Gasteiger partial charge < -0.3 is 19.9 Å². The zero-order valence-electron chi connectivity index (χ0n) is 14.6. The predicted molar refractivity (Wildman–Crippen MR) is 94.0 cm³/mol. The highest BCUT2D eigenvalue weighted by Gasteiger charge is 2.36. The highest BCUT2D eigenvalue weighted by atomic mass is 16.5. The summed E-state index contributed by atoms with van der Waals surface area (Å²) in [5, 5.41) is 0. The molecule has 0 spiro atoms. The van der Waals surface area contributed by atoms with E-state index in [1.54, 1.807) is 24.3 Å². The largest absolute Gasteiger partial charge is 0.462 e. The summed E-state index contributed by atoms with van der Waals surface area (Å²) < 4.78 is 16.3. The standard InChI is InChI=1S/C19H29NO4/c1-2-19(14-23-15-19)13-22-11-5-3-4-6-12-24-18(21)16-7-9-17(20)10-8-16/h7-10H,2-6,11-15,20H2,1H3. The van der Waals surface area contributed by atoms with Crippen molar-refractivity contribution in [2.24, 2.45) is 5.41 Å². The topological polar surface area (TPSA) is 70.8 Å². The molecule has 0 atom stereocenters. The third kappa shape index (κ3) is 5.80. The van der Waals surface area contributed by atoms with Crippen LogP contribution in [0.2, 0.25) is 0 Å². The highest BCUT2D eigenvalue weighted by Crippen LogP contribution is 2.31. The molecule has 0 unspecified atom stereocenters. The number of nitrogen functional groups attached to an aromatic ring is 1. The lowest BCUT2D eigenvalue weighted by atomic mass is 9.84. The van der Waals surface area contributed by atoms with Gasteiger partial charge in [-0.15, -0.1) is 0 Å². The van der Waals surface area contributed by atoms with Crippen molar-refractivity contribution in [2.75, 3.05) is 38.8 Å². The van der Waals surface area contributed by atoms with Crippen LogP contribution in [0.25, 0.3) is 0 Å². The normalized spacial score (nSPS) is 15.7. The molecule has 0 saturated carbocycles. The summed E-state index contributed by atoms with van der Waals surface area (Å²) in [6.45, 7) is 5.93. The van der Waals surface area contributed by atoms with Crippen molar-refractivity contribution in [3.8, 4) is 0 Å². The minimum atomic E-state index is -0.286. The molecular formula is C19H29NO4. The van der Waals surface area contributed by atoms with Crippen molar-refractivity contribution >= 4 is 11.7 Å². The highest BCUT2D eigenvalue weighted by molar-refractivity contribution is 5.89. The maximum Gasteiger partial charge on any atom is 0.338 e. The molecule has 1 fully saturated rings. The number of rotatable bonds is 11. The number of benzene rings is 1. The van der Waals surface area contributed by atoms with Gasteiger partial charge in [-0.3, -0.25) is 0 Å². The van der Waals surface area contributed by atoms with Gasteiger partial charge >= 0.3 is 5.97 Å². The van der Waals surface area contributed by atoms with E-state index in [2.05, 4.69) is 6.92 Å². The van der Waals surface area contributed by atoms with E-state index in [0.29, 0.717) is 17.9 Å². The first-order valence-corrected chi connectivity index (χ1v) is 8.83. The van der Waals surface area contributed by atoms with Crippen molar-refractivity contribution in [3.05, 3.63) is 29.8 Å². The third-order valence-electron chi connectivity index (χ3n) is 4.54. The Kier molecular flexibility index (Phi) is 7.53. The minimum absolute atomic E-state index is 0.274. The Morgan fingerprint density at radius 3 is 2.38 bits per heavy atom. The molecule has 2 N–H and O–H groups in total. The number of nitrogens with two attached hydrogens (primary N) is 1. The fourth-order valence-corrected chi connectivity index (χ4v) is 2.60. The number of anilines is 1. The molecule has 0 aliphatic carbocycles. The van der Waals surface area contributed by atoms with Gasteiger partial charge in [0.05, 0.1) is 32.0 Å². The van der Waals surface area contributed by atoms with Crippen molar-refractivity contribution < 1.29 is 19.0 Å². The second-order valence-corrected chi connectivity index (χ2v) is 6.57. The average Bonchev–Trinajstić information content (AvgIpc) is 2.56. The zero-order chi connectivity index (χ0) is 17.3. The lowest BCUT2D eigenvalue weighted by Gasteiger charge is -2.40. The van der Waals surface area contributed by atoms with Crippen LogP contribution in [0.3, 0.4) is 0 Å². The van der Waals surface area contributed by atoms with E-state index in [1.165, 1.54) is 0 Å². The van der Waals surface area contributed by atoms with Crippen molar-refractivity contribution in [2.45, 2.75) is 39.0 Å². The molecule has 0 radical (unpaired) electrons. The summed E-state index contributed by atoms with van der Waals surface area (Å²) >= 11 is 0. The van der Waals surface area contributed by atoms with Gasteiger partial charge in [-0.25, -0.2) is 4.79 Å². The molecule has 1 aromatic rings. The Bertz CT molecular complexity index is 491. The van der Waals surface area contributed by atoms with Gasteiger partial charge in [0.1, 0.15) is 0 Å². The van der Waals surface area contributed by atoms with Crippen LogP contribution in [0.1, 0.15) is 49.4 Å². The van der Waals surface area contributed by atoms with E-state index < -0.39 is 0 Å². The fraction of sp³-hybridized carbons (Fsp3) is 0.632. The lowest BCUT2D eigenvalue weighted by molar-refractivity contribution is -0.150. The smallest absolute Gasteiger partial charge is 0.338 e. The van der Waals surface area contributed by atoms with Gasteiger partial charge in [0, 0.05) is 17.7 Å². The molecule has 2 rings (SSSR count). The molecule has 1 aliphatic rings. The first kappa shape index (κ1) is 18.7. The lowest BCUT2D eigenvalue weighted by Crippen LogP contribution is -2.45. The van der Waals surface area contributed by atoms with Gasteiger partial charge in [-0.05, 0) is 49.9 Å². The Morgan fingerprint density at radius 1 is 1.12 bits per heavy atom. The third-order valence-corrected chi connectivity index (χ3v) is 4.54. The van der Waals surface area contributed by atoms with Crippen molar-refractivity contribution in [3.63, 3.8) is 0 Å². The van der Waals surface area contributed by atoms with Gasteiger partial charge in [0.25, 0.3) is 0 Å². The molecule has 1 aliphatic heterocycles. The van der Waals surface area contributed by atoms with Gasteiger partial charge in [0.2, 0.25) is 0 Å². The number of ether oxygens (including phenoxy) is 3. The number of carbonyl (C=O) groups is 1. The maximum atomic E-state index is 11.8. The molecule has 5 nitrogen and oxygen atoms in total. The summed E-state index contributed by atoms with van der Waals surface area (Å²) in [7, 11) is 0. The summed E-state index contributed by atoms with van der Waals surface area (Å²) in [6, 6.07) is 6.78. The van der Waals surface area contributed by atoms with E-state index >= 15 is 0 Å². The monoisotopic (exact) mass is 335 g/mol. The Balaban J connectivity index is 1.44. The van der Waals surface area contributed by atoms with Crippen LogP contribution < -0.4 is 5.73 Å². The van der Waals surface area contributed by atoms with Crippen LogP contribution in [0.5, 0.6) is 0 Å². The number of unbranched alkanes of at least 4 members (excludes halogenated alkanes) is 3. The first-order chi connectivity index (χ1) is 11.7. The van der Waals surface area contributed by atoms with Crippen LogP contribution in [-0.2, 0) is 14.2 Å². The van der Waals surface area contributed by atoms with Crippen LogP contribution >= 0.6 is 0 Å². The summed E-state index contributed by atoms with van der Waals surface area (Å²) in [5.41, 5.74) is 7.05. The molecule has 1 aromatic carbocycles. The fourth-order valence-electron chi connectivity index (χ4n) is 2.60. The average molecular weight is 335 g/mol. The Labute approximate surface area is 144 Å². The SMILES string of the molecule is CCC1(COCCCCCCOC(=O)c2ccc(N)cc2)COC1. The molecule has 24 heavy (non-hydrogen) atoms. The minimum Gasteiger partial charge on any atom is -0.462 e. The molecule has 0 aromatic heterocycles. The van der Waals surface area contributed by atoms with Gasteiger partial charge in [0.15, 0.2) is 0 Å². The van der Waals surface area contributed by atoms with Crippen molar-refractivity contribution in [1.82, 2.24) is 0 Å². The molecular weight excluding hydrogens is 306 g/mol. The number of carbonyl (C=O) groups excluding carboxylic acids is 1. The second kappa shape index (κ2) is 9.64. The summed E-state index contributed by atoms with van der Waals surface area (Å²) in [5.74, 6) is -0.286. The number of esters is 1. The van der Waals surface area contributed by atoms with Crippen LogP contribution in [0.15, 0.2) is 24.3 Å². The molecule has 0 bridgehead atoms.